The van der Waals surface area contributed by atoms with Gasteiger partial charge >= 0.3 is 0 Å². The van der Waals surface area contributed by atoms with E-state index in [0.29, 0.717) is 27.2 Å². The van der Waals surface area contributed by atoms with E-state index in [1.165, 1.54) is 19.4 Å². The Bertz CT molecular complexity index is 1420. The standard InChI is InChI=1S/C20H15FN4O3S/c1-28-23-9-11-6-10(4-5-22-11)13-8-16-14(7-15(13)21)18(26)17-19(27)24-29-20(17)25(16)12-2-3-12/h4-9,12H,2-3H2,1H3,(H,24,27)/b23-9+. The van der Waals surface area contributed by atoms with Crippen molar-refractivity contribution in [2.45, 2.75) is 18.9 Å². The fraction of sp³-hybridized carbons (Fsp3) is 0.200. The van der Waals surface area contributed by atoms with Crippen LogP contribution in [0.15, 0.2) is 45.2 Å². The molecule has 1 aliphatic carbocycles. The highest BCUT2D eigenvalue weighted by atomic mass is 32.1. The lowest BCUT2D eigenvalue weighted by molar-refractivity contribution is 0.215. The van der Waals surface area contributed by atoms with Crippen molar-refractivity contribution in [1.82, 2.24) is 13.9 Å². The average molecular weight is 410 g/mol. The van der Waals surface area contributed by atoms with Crippen molar-refractivity contribution in [3.63, 3.8) is 0 Å². The van der Waals surface area contributed by atoms with Crippen LogP contribution in [-0.4, -0.2) is 27.2 Å². The van der Waals surface area contributed by atoms with E-state index < -0.39 is 16.8 Å². The van der Waals surface area contributed by atoms with Crippen LogP contribution in [-0.2, 0) is 4.84 Å². The maximum absolute atomic E-state index is 15.0. The van der Waals surface area contributed by atoms with Crippen LogP contribution in [0.4, 0.5) is 4.39 Å². The van der Waals surface area contributed by atoms with Crippen LogP contribution in [0, 0.1) is 5.82 Å². The summed E-state index contributed by atoms with van der Waals surface area (Å²) < 4.78 is 19.7. The first-order chi connectivity index (χ1) is 14.1. The first kappa shape index (κ1) is 17.7. The summed E-state index contributed by atoms with van der Waals surface area (Å²) in [6.07, 6.45) is 4.91. The van der Waals surface area contributed by atoms with Gasteiger partial charge in [0.05, 0.1) is 17.4 Å². The zero-order valence-electron chi connectivity index (χ0n) is 15.3. The second-order valence-corrected chi connectivity index (χ2v) is 7.67. The maximum Gasteiger partial charge on any atom is 0.271 e. The van der Waals surface area contributed by atoms with Crippen LogP contribution in [0.2, 0.25) is 0 Å². The van der Waals surface area contributed by atoms with Crippen molar-refractivity contribution >= 4 is 38.9 Å². The highest BCUT2D eigenvalue weighted by molar-refractivity contribution is 7.12. The predicted octanol–water partition coefficient (Wildman–Crippen LogP) is 3.42. The second kappa shape index (κ2) is 6.63. The number of H-pyrrole nitrogens is 1. The van der Waals surface area contributed by atoms with E-state index in [2.05, 4.69) is 19.4 Å². The van der Waals surface area contributed by atoms with Crippen LogP contribution < -0.4 is 11.0 Å². The monoisotopic (exact) mass is 410 g/mol. The van der Waals surface area contributed by atoms with Gasteiger partial charge in [-0.05, 0) is 54.2 Å². The lowest BCUT2D eigenvalue weighted by Crippen LogP contribution is -2.15. The largest absolute Gasteiger partial charge is 0.399 e. The van der Waals surface area contributed by atoms with Crippen LogP contribution in [0.25, 0.3) is 32.2 Å². The maximum atomic E-state index is 15.0. The Balaban J connectivity index is 1.82. The molecule has 0 unspecified atom stereocenters. The summed E-state index contributed by atoms with van der Waals surface area (Å²) in [6.45, 7) is 0. The predicted molar refractivity (Wildman–Crippen MR) is 110 cm³/mol. The van der Waals surface area contributed by atoms with E-state index in [1.54, 1.807) is 24.4 Å². The van der Waals surface area contributed by atoms with E-state index >= 15 is 4.39 Å². The van der Waals surface area contributed by atoms with Crippen molar-refractivity contribution in [3.8, 4) is 11.1 Å². The van der Waals surface area contributed by atoms with E-state index in [1.807, 2.05) is 4.57 Å². The summed E-state index contributed by atoms with van der Waals surface area (Å²) in [7, 11) is 1.43. The number of rotatable bonds is 4. The lowest BCUT2D eigenvalue weighted by Gasteiger charge is -2.13. The molecule has 1 aromatic carbocycles. The van der Waals surface area contributed by atoms with Gasteiger partial charge in [0.15, 0.2) is 0 Å². The molecule has 0 spiro atoms. The molecule has 7 nitrogen and oxygen atoms in total. The topological polar surface area (TPSA) is 89.3 Å². The molecule has 0 aliphatic heterocycles. The van der Waals surface area contributed by atoms with Crippen molar-refractivity contribution in [1.29, 1.82) is 0 Å². The molecule has 4 aromatic rings. The number of fused-ring (bicyclic) bond motifs is 2. The molecule has 29 heavy (non-hydrogen) atoms. The van der Waals surface area contributed by atoms with Gasteiger partial charge in [-0.3, -0.25) is 18.9 Å². The quantitative estimate of drug-likeness (QED) is 0.412. The van der Waals surface area contributed by atoms with E-state index in [9.17, 15) is 9.59 Å². The molecule has 0 amide bonds. The Morgan fingerprint density at radius 1 is 1.34 bits per heavy atom. The minimum absolute atomic E-state index is 0.100. The van der Waals surface area contributed by atoms with Gasteiger partial charge in [0.2, 0.25) is 5.43 Å². The molecule has 0 saturated heterocycles. The molecule has 3 heterocycles. The minimum atomic E-state index is -0.538. The molecular weight excluding hydrogens is 395 g/mol. The Morgan fingerprint density at radius 2 is 2.17 bits per heavy atom. The average Bonchev–Trinajstić information content (AvgIpc) is 3.49. The number of hydrogen-bond donors (Lipinski definition) is 1. The third-order valence-electron chi connectivity index (χ3n) is 5.01. The molecule has 1 fully saturated rings. The highest BCUT2D eigenvalue weighted by Crippen LogP contribution is 2.40. The summed E-state index contributed by atoms with van der Waals surface area (Å²) in [5, 5.41) is 4.00. The van der Waals surface area contributed by atoms with Crippen molar-refractivity contribution < 1.29 is 9.23 Å². The Hall–Kier alpha value is -3.33. The van der Waals surface area contributed by atoms with Gasteiger partial charge in [-0.2, -0.15) is 0 Å². The van der Waals surface area contributed by atoms with Gasteiger partial charge in [-0.25, -0.2) is 4.39 Å². The Kier molecular flexibility index (Phi) is 4.06. The summed E-state index contributed by atoms with van der Waals surface area (Å²) >= 11 is 1.15. The zero-order chi connectivity index (χ0) is 20.1. The molecule has 0 atom stereocenters. The van der Waals surface area contributed by atoms with Crippen LogP contribution in [0.1, 0.15) is 24.6 Å². The molecule has 1 aliphatic rings. The van der Waals surface area contributed by atoms with Crippen molar-refractivity contribution in [2.75, 3.05) is 7.11 Å². The van der Waals surface area contributed by atoms with Crippen LogP contribution in [0.3, 0.4) is 0 Å². The van der Waals surface area contributed by atoms with E-state index in [4.69, 9.17) is 0 Å². The third-order valence-corrected chi connectivity index (χ3v) is 5.89. The smallest absolute Gasteiger partial charge is 0.271 e. The van der Waals surface area contributed by atoms with Gasteiger partial charge in [0.1, 0.15) is 23.1 Å². The number of aromatic amines is 1. The van der Waals surface area contributed by atoms with Crippen LogP contribution >= 0.6 is 11.5 Å². The molecule has 3 aromatic heterocycles. The fourth-order valence-corrected chi connectivity index (χ4v) is 4.49. The van der Waals surface area contributed by atoms with E-state index in [0.717, 1.165) is 24.4 Å². The lowest BCUT2D eigenvalue weighted by atomic mass is 10.0. The number of nitrogens with zero attached hydrogens (tertiary/aromatic N) is 3. The van der Waals surface area contributed by atoms with Crippen LogP contribution in [0.5, 0.6) is 0 Å². The number of aromatic nitrogens is 3. The fourth-order valence-electron chi connectivity index (χ4n) is 3.56. The Morgan fingerprint density at radius 3 is 2.93 bits per heavy atom. The van der Waals surface area contributed by atoms with Crippen molar-refractivity contribution in [2.24, 2.45) is 5.16 Å². The number of halogens is 1. The summed E-state index contributed by atoms with van der Waals surface area (Å²) in [5.41, 5.74) is 1.23. The first-order valence-electron chi connectivity index (χ1n) is 9.00. The number of oxime groups is 1. The summed E-state index contributed by atoms with van der Waals surface area (Å²) in [6, 6.07) is 6.50. The number of benzene rings is 1. The van der Waals surface area contributed by atoms with Gasteiger partial charge in [-0.1, -0.05) is 5.16 Å². The van der Waals surface area contributed by atoms with Gasteiger partial charge in [0, 0.05) is 23.2 Å². The number of hydrogen-bond acceptors (Lipinski definition) is 6. The molecular formula is C20H15FN4O3S. The van der Waals surface area contributed by atoms with Gasteiger partial charge < -0.3 is 9.40 Å². The third kappa shape index (κ3) is 2.85. The molecule has 9 heteroatoms. The minimum Gasteiger partial charge on any atom is -0.399 e. The van der Waals surface area contributed by atoms with Gasteiger partial charge in [0.25, 0.3) is 5.56 Å². The summed E-state index contributed by atoms with van der Waals surface area (Å²) in [4.78, 5) is 34.5. The zero-order valence-corrected chi connectivity index (χ0v) is 16.1. The summed E-state index contributed by atoms with van der Waals surface area (Å²) in [5.74, 6) is -0.538. The molecule has 146 valence electrons. The molecule has 1 saturated carbocycles. The molecule has 1 N–H and O–H groups in total. The first-order valence-corrected chi connectivity index (χ1v) is 9.82. The number of nitrogens with one attached hydrogen (secondary N) is 1. The SMILES string of the molecule is CO/N=C/c1cc(-c2cc3c(cc2F)c(=O)c2c(=O)[nH]sc2n3C2CC2)ccn1. The van der Waals surface area contributed by atoms with E-state index in [-0.39, 0.29) is 16.8 Å². The van der Waals surface area contributed by atoms with Crippen molar-refractivity contribution in [3.05, 3.63) is 62.6 Å². The highest BCUT2D eigenvalue weighted by Gasteiger charge is 2.29. The molecule has 0 radical (unpaired) electrons. The van der Waals surface area contributed by atoms with Gasteiger partial charge in [-0.15, -0.1) is 0 Å². The molecule has 5 rings (SSSR count). The second-order valence-electron chi connectivity index (χ2n) is 6.88. The molecule has 0 bridgehead atoms. The Labute approximate surface area is 167 Å². The number of pyridine rings is 2. The normalized spacial score (nSPS) is 14.3.